The third-order valence-electron chi connectivity index (χ3n) is 3.04. The number of nitrogen functional groups attached to an aromatic ring is 1. The first-order chi connectivity index (χ1) is 9.29. The van der Waals surface area contributed by atoms with E-state index in [-0.39, 0.29) is 9.92 Å². The van der Waals surface area contributed by atoms with Crippen molar-refractivity contribution >= 4 is 33.0 Å². The summed E-state index contributed by atoms with van der Waals surface area (Å²) in [6.07, 6.45) is 0. The Balaban J connectivity index is 2.35. The van der Waals surface area contributed by atoms with E-state index in [2.05, 4.69) is 4.72 Å². The van der Waals surface area contributed by atoms with Crippen LogP contribution in [0.15, 0.2) is 41.3 Å². The van der Waals surface area contributed by atoms with Crippen molar-refractivity contribution in [1.82, 2.24) is 0 Å². The maximum atomic E-state index is 12.3. The summed E-state index contributed by atoms with van der Waals surface area (Å²) in [5, 5.41) is 0.216. The normalized spacial score (nSPS) is 11.3. The summed E-state index contributed by atoms with van der Waals surface area (Å²) in [5.41, 5.74) is 8.55. The number of rotatable bonds is 3. The maximum absolute atomic E-state index is 12.3. The SMILES string of the molecule is Cc1ccc(NS(=O)(=O)c2ccc(N)c(Cl)c2)cc1C. The lowest BCUT2D eigenvalue weighted by atomic mass is 10.1. The second-order valence-electron chi connectivity index (χ2n) is 4.59. The van der Waals surface area contributed by atoms with Gasteiger partial charge in [0.05, 0.1) is 15.6 Å². The smallest absolute Gasteiger partial charge is 0.261 e. The molecule has 4 nitrogen and oxygen atoms in total. The number of hydrogen-bond acceptors (Lipinski definition) is 3. The predicted octanol–water partition coefficient (Wildman–Crippen LogP) is 3.34. The van der Waals surface area contributed by atoms with Crippen molar-refractivity contribution in [3.8, 4) is 0 Å². The molecule has 2 aromatic rings. The van der Waals surface area contributed by atoms with E-state index < -0.39 is 10.0 Å². The Morgan fingerprint density at radius 2 is 1.75 bits per heavy atom. The molecule has 6 heteroatoms. The van der Waals surface area contributed by atoms with Gasteiger partial charge in [-0.2, -0.15) is 0 Å². The fourth-order valence-corrected chi connectivity index (χ4v) is 3.01. The Labute approximate surface area is 123 Å². The van der Waals surface area contributed by atoms with E-state index in [1.807, 2.05) is 19.9 Å². The highest BCUT2D eigenvalue weighted by atomic mass is 35.5. The first kappa shape index (κ1) is 14.7. The van der Waals surface area contributed by atoms with Gasteiger partial charge in [-0.05, 0) is 55.3 Å². The predicted molar refractivity (Wildman–Crippen MR) is 82.6 cm³/mol. The van der Waals surface area contributed by atoms with Gasteiger partial charge in [0.1, 0.15) is 0 Å². The third-order valence-corrected chi connectivity index (χ3v) is 4.75. The van der Waals surface area contributed by atoms with Crippen molar-refractivity contribution in [3.63, 3.8) is 0 Å². The maximum Gasteiger partial charge on any atom is 0.261 e. The number of nitrogens with one attached hydrogen (secondary N) is 1. The fraction of sp³-hybridized carbons (Fsp3) is 0.143. The van der Waals surface area contributed by atoms with Gasteiger partial charge in [-0.1, -0.05) is 17.7 Å². The van der Waals surface area contributed by atoms with Crippen molar-refractivity contribution in [2.45, 2.75) is 18.7 Å². The number of aryl methyl sites for hydroxylation is 2. The van der Waals surface area contributed by atoms with Crippen molar-refractivity contribution in [2.75, 3.05) is 10.5 Å². The van der Waals surface area contributed by atoms with Gasteiger partial charge in [-0.25, -0.2) is 8.42 Å². The zero-order chi connectivity index (χ0) is 14.9. The van der Waals surface area contributed by atoms with Gasteiger partial charge >= 0.3 is 0 Å². The summed E-state index contributed by atoms with van der Waals surface area (Å²) in [4.78, 5) is 0.0786. The molecule has 20 heavy (non-hydrogen) atoms. The average Bonchev–Trinajstić information content (AvgIpc) is 2.37. The molecule has 3 N–H and O–H groups in total. The first-order valence-electron chi connectivity index (χ1n) is 5.95. The van der Waals surface area contributed by atoms with Gasteiger partial charge in [0.2, 0.25) is 0 Å². The molecule has 0 atom stereocenters. The molecule has 106 valence electrons. The van der Waals surface area contributed by atoms with E-state index in [1.165, 1.54) is 18.2 Å². The van der Waals surface area contributed by atoms with E-state index in [1.54, 1.807) is 12.1 Å². The molecule has 0 fully saturated rings. The topological polar surface area (TPSA) is 72.2 Å². The molecule has 0 aliphatic carbocycles. The highest BCUT2D eigenvalue weighted by Gasteiger charge is 2.15. The van der Waals surface area contributed by atoms with Crippen LogP contribution in [-0.4, -0.2) is 8.42 Å². The van der Waals surface area contributed by atoms with E-state index in [4.69, 9.17) is 17.3 Å². The zero-order valence-corrected chi connectivity index (χ0v) is 12.7. The molecule has 0 aliphatic rings. The van der Waals surface area contributed by atoms with E-state index in [0.717, 1.165) is 11.1 Å². The van der Waals surface area contributed by atoms with Crippen LogP contribution in [-0.2, 0) is 10.0 Å². The summed E-state index contributed by atoms with van der Waals surface area (Å²) in [6, 6.07) is 9.59. The van der Waals surface area contributed by atoms with Gasteiger partial charge in [0, 0.05) is 5.69 Å². The molecule has 2 rings (SSSR count). The number of benzene rings is 2. The lowest BCUT2D eigenvalue weighted by Crippen LogP contribution is -2.13. The Kier molecular flexibility index (Phi) is 3.92. The molecule has 0 bridgehead atoms. The van der Waals surface area contributed by atoms with E-state index >= 15 is 0 Å². The standard InChI is InChI=1S/C14H15ClN2O2S/c1-9-3-4-11(7-10(9)2)17-20(18,19)12-5-6-14(16)13(15)8-12/h3-8,17H,16H2,1-2H3. The quantitative estimate of drug-likeness (QED) is 0.854. The summed E-state index contributed by atoms with van der Waals surface area (Å²) < 4.78 is 27.0. The second-order valence-corrected chi connectivity index (χ2v) is 6.68. The summed E-state index contributed by atoms with van der Waals surface area (Å²) in [7, 11) is -3.67. The van der Waals surface area contributed by atoms with Gasteiger partial charge in [-0.15, -0.1) is 0 Å². The fourth-order valence-electron chi connectivity index (χ4n) is 1.69. The largest absolute Gasteiger partial charge is 0.398 e. The Morgan fingerprint density at radius 3 is 2.35 bits per heavy atom. The number of halogens is 1. The van der Waals surface area contributed by atoms with Crippen LogP contribution in [0.4, 0.5) is 11.4 Å². The first-order valence-corrected chi connectivity index (χ1v) is 7.81. The molecule has 0 amide bonds. The van der Waals surface area contributed by atoms with Crippen molar-refractivity contribution in [1.29, 1.82) is 0 Å². The molecule has 0 aliphatic heterocycles. The number of sulfonamides is 1. The van der Waals surface area contributed by atoms with Crippen LogP contribution >= 0.6 is 11.6 Å². The van der Waals surface area contributed by atoms with E-state index in [9.17, 15) is 8.42 Å². The minimum absolute atomic E-state index is 0.0786. The Hall–Kier alpha value is -1.72. The highest BCUT2D eigenvalue weighted by molar-refractivity contribution is 7.92. The summed E-state index contributed by atoms with van der Waals surface area (Å²) in [5.74, 6) is 0. The van der Waals surface area contributed by atoms with Crippen LogP contribution in [0.3, 0.4) is 0 Å². The van der Waals surface area contributed by atoms with E-state index in [0.29, 0.717) is 11.4 Å². The van der Waals surface area contributed by atoms with Gasteiger partial charge < -0.3 is 5.73 Å². The minimum Gasteiger partial charge on any atom is -0.398 e. The Morgan fingerprint density at radius 1 is 1.05 bits per heavy atom. The monoisotopic (exact) mass is 310 g/mol. The molecule has 0 saturated carbocycles. The number of anilines is 2. The second kappa shape index (κ2) is 5.34. The Bertz CT molecular complexity index is 758. The van der Waals surface area contributed by atoms with Crippen LogP contribution in [0, 0.1) is 13.8 Å². The molecule has 0 spiro atoms. The van der Waals surface area contributed by atoms with Crippen LogP contribution in [0.25, 0.3) is 0 Å². The van der Waals surface area contributed by atoms with Crippen LogP contribution < -0.4 is 10.5 Å². The number of nitrogens with two attached hydrogens (primary N) is 1. The zero-order valence-electron chi connectivity index (χ0n) is 11.1. The van der Waals surface area contributed by atoms with Gasteiger partial charge in [0.25, 0.3) is 10.0 Å². The van der Waals surface area contributed by atoms with Crippen molar-refractivity contribution in [3.05, 3.63) is 52.5 Å². The third kappa shape index (κ3) is 3.05. The molecule has 0 aromatic heterocycles. The molecule has 0 unspecified atom stereocenters. The molecule has 0 heterocycles. The summed E-state index contributed by atoms with van der Waals surface area (Å²) >= 11 is 5.85. The van der Waals surface area contributed by atoms with Crippen LogP contribution in [0.1, 0.15) is 11.1 Å². The van der Waals surface area contributed by atoms with Crippen molar-refractivity contribution in [2.24, 2.45) is 0 Å². The molecule has 2 aromatic carbocycles. The minimum atomic E-state index is -3.67. The molecular formula is C14H15ClN2O2S. The lowest BCUT2D eigenvalue weighted by molar-refractivity contribution is 0.601. The molecule has 0 radical (unpaired) electrons. The van der Waals surface area contributed by atoms with Gasteiger partial charge in [-0.3, -0.25) is 4.72 Å². The number of hydrogen-bond donors (Lipinski definition) is 2. The van der Waals surface area contributed by atoms with Crippen LogP contribution in [0.2, 0.25) is 5.02 Å². The molecular weight excluding hydrogens is 296 g/mol. The molecule has 0 saturated heterocycles. The van der Waals surface area contributed by atoms with Crippen LogP contribution in [0.5, 0.6) is 0 Å². The summed E-state index contributed by atoms with van der Waals surface area (Å²) in [6.45, 7) is 3.89. The van der Waals surface area contributed by atoms with Gasteiger partial charge in [0.15, 0.2) is 0 Å². The van der Waals surface area contributed by atoms with Crippen molar-refractivity contribution < 1.29 is 8.42 Å². The lowest BCUT2D eigenvalue weighted by Gasteiger charge is -2.10. The average molecular weight is 311 g/mol. The highest BCUT2D eigenvalue weighted by Crippen LogP contribution is 2.24.